The molecule has 0 spiro atoms. The summed E-state index contributed by atoms with van der Waals surface area (Å²) in [7, 11) is 0. The van der Waals surface area contributed by atoms with Gasteiger partial charge in [0.05, 0.1) is 5.52 Å². The first-order valence-corrected chi connectivity index (χ1v) is 6.98. The zero-order valence-electron chi connectivity index (χ0n) is 12.0. The Morgan fingerprint density at radius 1 is 1.24 bits per heavy atom. The van der Waals surface area contributed by atoms with E-state index < -0.39 is 6.10 Å². The molecule has 5 heteroatoms. The van der Waals surface area contributed by atoms with Gasteiger partial charge in [0.15, 0.2) is 5.58 Å². The number of aryl methyl sites for hydroxylation is 2. The quantitative estimate of drug-likeness (QED) is 0.801. The third-order valence-corrected chi connectivity index (χ3v) is 3.49. The zero-order chi connectivity index (χ0) is 15.0. The van der Waals surface area contributed by atoms with Gasteiger partial charge >= 0.3 is 5.76 Å². The van der Waals surface area contributed by atoms with E-state index in [0.29, 0.717) is 23.5 Å². The van der Waals surface area contributed by atoms with Crippen LogP contribution >= 0.6 is 0 Å². The van der Waals surface area contributed by atoms with E-state index in [4.69, 9.17) is 8.83 Å². The van der Waals surface area contributed by atoms with Gasteiger partial charge < -0.3 is 13.9 Å². The SMILES string of the molecule is CCCn1c(=O)oc2cc(C(O)c3ccc(C)o3)ccc21. The van der Waals surface area contributed by atoms with Crippen molar-refractivity contribution in [2.75, 3.05) is 0 Å². The van der Waals surface area contributed by atoms with Gasteiger partial charge in [-0.1, -0.05) is 13.0 Å². The van der Waals surface area contributed by atoms with Crippen LogP contribution in [0.1, 0.15) is 36.5 Å². The van der Waals surface area contributed by atoms with Crippen molar-refractivity contribution in [1.29, 1.82) is 0 Å². The maximum atomic E-state index is 11.8. The largest absolute Gasteiger partial charge is 0.463 e. The van der Waals surface area contributed by atoms with Crippen LogP contribution in [-0.4, -0.2) is 9.67 Å². The Balaban J connectivity index is 2.03. The molecule has 1 atom stereocenters. The van der Waals surface area contributed by atoms with Crippen molar-refractivity contribution < 1.29 is 13.9 Å². The molecule has 5 nitrogen and oxygen atoms in total. The van der Waals surface area contributed by atoms with E-state index in [-0.39, 0.29) is 5.76 Å². The standard InChI is InChI=1S/C16H17NO4/c1-3-8-17-12-6-5-11(9-14(12)21-16(17)19)15(18)13-7-4-10(2)20-13/h4-7,9,15,18H,3,8H2,1-2H3. The third-order valence-electron chi connectivity index (χ3n) is 3.49. The molecule has 2 heterocycles. The smallest absolute Gasteiger partial charge is 0.419 e. The van der Waals surface area contributed by atoms with Gasteiger partial charge in [0.25, 0.3) is 0 Å². The van der Waals surface area contributed by atoms with Crippen LogP contribution in [0.2, 0.25) is 0 Å². The van der Waals surface area contributed by atoms with Crippen LogP contribution in [0.15, 0.2) is 44.0 Å². The van der Waals surface area contributed by atoms with Crippen molar-refractivity contribution in [2.24, 2.45) is 0 Å². The van der Waals surface area contributed by atoms with E-state index in [1.807, 2.05) is 13.8 Å². The molecule has 0 bridgehead atoms. The summed E-state index contributed by atoms with van der Waals surface area (Å²) in [6, 6.07) is 8.80. The first kappa shape index (κ1) is 13.7. The number of aliphatic hydroxyl groups is 1. The lowest BCUT2D eigenvalue weighted by molar-refractivity contribution is 0.187. The van der Waals surface area contributed by atoms with Crippen molar-refractivity contribution in [3.8, 4) is 0 Å². The highest BCUT2D eigenvalue weighted by Crippen LogP contribution is 2.26. The topological polar surface area (TPSA) is 68.5 Å². The lowest BCUT2D eigenvalue weighted by Gasteiger charge is -2.08. The van der Waals surface area contributed by atoms with Crippen LogP contribution < -0.4 is 5.76 Å². The predicted octanol–water partition coefficient (Wildman–Crippen LogP) is 2.99. The Hall–Kier alpha value is -2.27. The molecule has 3 aromatic rings. The number of aromatic nitrogens is 1. The number of hydrogen-bond acceptors (Lipinski definition) is 4. The molecule has 0 aliphatic rings. The summed E-state index contributed by atoms with van der Waals surface area (Å²) in [6.07, 6.45) is -0.0205. The maximum Gasteiger partial charge on any atom is 0.419 e. The number of furan rings is 1. The molecule has 110 valence electrons. The summed E-state index contributed by atoms with van der Waals surface area (Å²) < 4.78 is 12.3. The number of nitrogens with zero attached hydrogens (tertiary/aromatic N) is 1. The van der Waals surface area contributed by atoms with Crippen molar-refractivity contribution in [3.63, 3.8) is 0 Å². The Morgan fingerprint density at radius 3 is 2.71 bits per heavy atom. The van der Waals surface area contributed by atoms with Gasteiger partial charge in [-0.05, 0) is 43.2 Å². The van der Waals surface area contributed by atoms with Crippen molar-refractivity contribution >= 4 is 11.1 Å². The average molecular weight is 287 g/mol. The second-order valence-electron chi connectivity index (χ2n) is 5.10. The lowest BCUT2D eigenvalue weighted by atomic mass is 10.1. The van der Waals surface area contributed by atoms with Crippen molar-refractivity contribution in [3.05, 3.63) is 58.0 Å². The normalized spacial score (nSPS) is 12.9. The Bertz CT molecular complexity index is 824. The molecule has 0 aliphatic carbocycles. The third kappa shape index (κ3) is 2.40. The van der Waals surface area contributed by atoms with Crippen LogP contribution in [0, 0.1) is 6.92 Å². The number of hydrogen-bond donors (Lipinski definition) is 1. The number of benzene rings is 1. The van der Waals surface area contributed by atoms with E-state index in [1.54, 1.807) is 34.9 Å². The van der Waals surface area contributed by atoms with Gasteiger partial charge in [-0.15, -0.1) is 0 Å². The molecule has 3 rings (SSSR count). The molecule has 1 unspecified atom stereocenters. The van der Waals surface area contributed by atoms with Crippen LogP contribution in [0.5, 0.6) is 0 Å². The molecule has 0 amide bonds. The van der Waals surface area contributed by atoms with Crippen LogP contribution in [0.25, 0.3) is 11.1 Å². The molecule has 0 saturated carbocycles. The first-order valence-electron chi connectivity index (χ1n) is 6.98. The average Bonchev–Trinajstić information content (AvgIpc) is 3.02. The van der Waals surface area contributed by atoms with Gasteiger partial charge in [0, 0.05) is 6.54 Å². The summed E-state index contributed by atoms with van der Waals surface area (Å²) in [5, 5.41) is 10.3. The molecule has 21 heavy (non-hydrogen) atoms. The van der Waals surface area contributed by atoms with Crippen molar-refractivity contribution in [1.82, 2.24) is 4.57 Å². The fourth-order valence-corrected chi connectivity index (χ4v) is 2.45. The number of oxazole rings is 1. The molecular weight excluding hydrogens is 270 g/mol. The molecule has 0 aliphatic heterocycles. The van der Waals surface area contributed by atoms with E-state index in [1.165, 1.54) is 0 Å². The fraction of sp³-hybridized carbons (Fsp3) is 0.312. The van der Waals surface area contributed by atoms with Crippen LogP contribution in [-0.2, 0) is 6.54 Å². The molecule has 1 aromatic carbocycles. The van der Waals surface area contributed by atoms with E-state index in [2.05, 4.69) is 0 Å². The minimum atomic E-state index is -0.872. The minimum Gasteiger partial charge on any atom is -0.463 e. The van der Waals surface area contributed by atoms with E-state index >= 15 is 0 Å². The van der Waals surface area contributed by atoms with Crippen LogP contribution in [0.4, 0.5) is 0 Å². The molecule has 2 aromatic heterocycles. The Kier molecular flexibility index (Phi) is 3.43. The van der Waals surface area contributed by atoms with E-state index in [0.717, 1.165) is 17.7 Å². The highest BCUT2D eigenvalue weighted by molar-refractivity contribution is 5.74. The molecule has 0 fully saturated rings. The predicted molar refractivity (Wildman–Crippen MR) is 78.3 cm³/mol. The highest BCUT2D eigenvalue weighted by atomic mass is 16.4. The maximum absolute atomic E-state index is 11.8. The zero-order valence-corrected chi connectivity index (χ0v) is 12.0. The number of fused-ring (bicyclic) bond motifs is 1. The molecule has 1 N–H and O–H groups in total. The number of aliphatic hydroxyl groups excluding tert-OH is 1. The van der Waals surface area contributed by atoms with Gasteiger partial charge in [-0.25, -0.2) is 4.79 Å². The summed E-state index contributed by atoms with van der Waals surface area (Å²) in [6.45, 7) is 4.44. The van der Waals surface area contributed by atoms with E-state index in [9.17, 15) is 9.90 Å². The summed E-state index contributed by atoms with van der Waals surface area (Å²) in [4.78, 5) is 11.8. The minimum absolute atomic E-state index is 0.368. The second-order valence-corrected chi connectivity index (χ2v) is 5.10. The van der Waals surface area contributed by atoms with Gasteiger partial charge in [0.2, 0.25) is 0 Å². The van der Waals surface area contributed by atoms with Gasteiger partial charge in [-0.2, -0.15) is 0 Å². The number of rotatable bonds is 4. The highest BCUT2D eigenvalue weighted by Gasteiger charge is 2.17. The monoisotopic (exact) mass is 287 g/mol. The van der Waals surface area contributed by atoms with Crippen molar-refractivity contribution in [2.45, 2.75) is 32.9 Å². The Labute approximate surface area is 121 Å². The van der Waals surface area contributed by atoms with Gasteiger partial charge in [0.1, 0.15) is 17.6 Å². The summed E-state index contributed by atoms with van der Waals surface area (Å²) in [5.41, 5.74) is 1.86. The van der Waals surface area contributed by atoms with Gasteiger partial charge in [-0.3, -0.25) is 4.57 Å². The van der Waals surface area contributed by atoms with Crippen LogP contribution in [0.3, 0.4) is 0 Å². The lowest BCUT2D eigenvalue weighted by Crippen LogP contribution is -2.13. The fourth-order valence-electron chi connectivity index (χ4n) is 2.45. The summed E-state index contributed by atoms with van der Waals surface area (Å²) in [5.74, 6) is 0.847. The first-order chi connectivity index (χ1) is 10.1. The molecule has 0 saturated heterocycles. The second kappa shape index (κ2) is 5.26. The molecule has 0 radical (unpaired) electrons. The Morgan fingerprint density at radius 2 is 2.05 bits per heavy atom. The summed E-state index contributed by atoms with van der Waals surface area (Å²) >= 11 is 0. The molecular formula is C16H17NO4.